The van der Waals surface area contributed by atoms with Gasteiger partial charge < -0.3 is 10.2 Å². The van der Waals surface area contributed by atoms with Crippen molar-refractivity contribution < 1.29 is 0 Å². The van der Waals surface area contributed by atoms with Crippen molar-refractivity contribution in [2.24, 2.45) is 0 Å². The number of hydrogen-bond acceptors (Lipinski definition) is 3. The number of rotatable bonds is 6. The van der Waals surface area contributed by atoms with Crippen LogP contribution in [-0.4, -0.2) is 25.0 Å². The summed E-state index contributed by atoms with van der Waals surface area (Å²) in [4.78, 5) is 2.33. The van der Waals surface area contributed by atoms with Crippen molar-refractivity contribution in [3.63, 3.8) is 0 Å². The molecule has 1 heterocycles. The van der Waals surface area contributed by atoms with Gasteiger partial charge >= 0.3 is 0 Å². The highest BCUT2D eigenvalue weighted by Crippen LogP contribution is 2.21. The first-order valence-corrected chi connectivity index (χ1v) is 8.03. The van der Waals surface area contributed by atoms with Crippen LogP contribution in [0.5, 0.6) is 0 Å². The first kappa shape index (κ1) is 14.6. The molecule has 2 aromatic rings. The average molecular weight is 339 g/mol. The summed E-state index contributed by atoms with van der Waals surface area (Å²) in [6, 6.07) is 10.7. The summed E-state index contributed by atoms with van der Waals surface area (Å²) in [6.45, 7) is 5.10. The third kappa shape index (κ3) is 4.97. The van der Waals surface area contributed by atoms with Crippen LogP contribution in [0.2, 0.25) is 0 Å². The van der Waals surface area contributed by atoms with Crippen LogP contribution in [0.25, 0.3) is 0 Å². The van der Waals surface area contributed by atoms with Gasteiger partial charge in [-0.05, 0) is 59.0 Å². The molecule has 0 atom stereocenters. The molecule has 102 valence electrons. The Balaban J connectivity index is 1.71. The van der Waals surface area contributed by atoms with Gasteiger partial charge in [-0.2, -0.15) is 0 Å². The standard InChI is InChI=1S/C15H19BrN2S/c1-12-3-5-14(6-4-12)17-7-8-18(2)10-13-9-15(16)19-11-13/h3-6,9,11,17H,7-8,10H2,1-2H3. The quantitative estimate of drug-likeness (QED) is 0.841. The van der Waals surface area contributed by atoms with Gasteiger partial charge in [0, 0.05) is 25.3 Å². The lowest BCUT2D eigenvalue weighted by Gasteiger charge is -2.16. The molecule has 2 nitrogen and oxygen atoms in total. The molecule has 4 heteroatoms. The van der Waals surface area contributed by atoms with Crippen LogP contribution >= 0.6 is 27.3 Å². The molecule has 19 heavy (non-hydrogen) atoms. The molecular formula is C15H19BrN2S. The number of anilines is 1. The maximum atomic E-state index is 3.50. The second-order valence-electron chi connectivity index (χ2n) is 4.79. The highest BCUT2D eigenvalue weighted by molar-refractivity contribution is 9.11. The fourth-order valence-electron chi connectivity index (χ4n) is 1.88. The minimum Gasteiger partial charge on any atom is -0.384 e. The Kier molecular flexibility index (Phi) is 5.43. The zero-order valence-corrected chi connectivity index (χ0v) is 13.7. The Morgan fingerprint density at radius 3 is 2.63 bits per heavy atom. The molecule has 0 fully saturated rings. The molecule has 0 aliphatic rings. The van der Waals surface area contributed by atoms with Gasteiger partial charge in [0.2, 0.25) is 0 Å². The van der Waals surface area contributed by atoms with Crippen LogP contribution in [0, 0.1) is 6.92 Å². The van der Waals surface area contributed by atoms with Crippen molar-refractivity contribution in [1.29, 1.82) is 0 Å². The summed E-state index contributed by atoms with van der Waals surface area (Å²) in [5.74, 6) is 0. The molecule has 0 saturated carbocycles. The number of aryl methyl sites for hydroxylation is 1. The second-order valence-corrected chi connectivity index (χ2v) is 7.08. The number of nitrogens with one attached hydrogen (secondary N) is 1. The van der Waals surface area contributed by atoms with Crippen molar-refractivity contribution in [3.8, 4) is 0 Å². The van der Waals surface area contributed by atoms with E-state index in [1.54, 1.807) is 11.3 Å². The number of hydrogen-bond donors (Lipinski definition) is 1. The first-order valence-electron chi connectivity index (χ1n) is 6.35. The minimum absolute atomic E-state index is 0.963. The molecule has 0 aliphatic heterocycles. The minimum atomic E-state index is 0.963. The van der Waals surface area contributed by atoms with E-state index < -0.39 is 0 Å². The molecule has 0 saturated heterocycles. The fourth-order valence-corrected chi connectivity index (χ4v) is 3.08. The van der Waals surface area contributed by atoms with E-state index in [4.69, 9.17) is 0 Å². The van der Waals surface area contributed by atoms with Gasteiger partial charge in [-0.15, -0.1) is 11.3 Å². The zero-order valence-electron chi connectivity index (χ0n) is 11.3. The molecule has 2 rings (SSSR count). The predicted molar refractivity (Wildman–Crippen MR) is 88.0 cm³/mol. The van der Waals surface area contributed by atoms with Crippen LogP contribution in [0.3, 0.4) is 0 Å². The lowest BCUT2D eigenvalue weighted by atomic mass is 10.2. The number of thiophene rings is 1. The molecule has 0 unspecified atom stereocenters. The zero-order chi connectivity index (χ0) is 13.7. The summed E-state index contributed by atoms with van der Waals surface area (Å²) in [7, 11) is 2.16. The molecule has 1 aromatic carbocycles. The van der Waals surface area contributed by atoms with E-state index in [0.717, 1.165) is 19.6 Å². The smallest absolute Gasteiger partial charge is 0.0701 e. The van der Waals surface area contributed by atoms with Gasteiger partial charge in [0.1, 0.15) is 0 Å². The molecular weight excluding hydrogens is 320 g/mol. The highest BCUT2D eigenvalue weighted by atomic mass is 79.9. The fraction of sp³-hybridized carbons (Fsp3) is 0.333. The summed E-state index contributed by atoms with van der Waals surface area (Å²) in [5, 5.41) is 5.65. The van der Waals surface area contributed by atoms with Gasteiger partial charge in [-0.3, -0.25) is 0 Å². The van der Waals surface area contributed by atoms with E-state index in [1.807, 2.05) is 0 Å². The second kappa shape index (κ2) is 7.08. The summed E-state index contributed by atoms with van der Waals surface area (Å²) < 4.78 is 1.20. The van der Waals surface area contributed by atoms with E-state index in [2.05, 4.69) is 75.8 Å². The molecule has 0 bridgehead atoms. The molecule has 1 aromatic heterocycles. The van der Waals surface area contributed by atoms with Crippen LogP contribution < -0.4 is 5.32 Å². The maximum absolute atomic E-state index is 3.50. The summed E-state index contributed by atoms with van der Waals surface area (Å²) in [5.41, 5.74) is 3.86. The van der Waals surface area contributed by atoms with Crippen LogP contribution in [0.1, 0.15) is 11.1 Å². The summed E-state index contributed by atoms with van der Waals surface area (Å²) in [6.07, 6.45) is 0. The summed E-state index contributed by atoms with van der Waals surface area (Å²) >= 11 is 5.24. The Hall–Kier alpha value is -0.840. The van der Waals surface area contributed by atoms with Crippen molar-refractivity contribution in [2.45, 2.75) is 13.5 Å². The van der Waals surface area contributed by atoms with Gasteiger partial charge in [0.05, 0.1) is 3.79 Å². The number of halogens is 1. The largest absolute Gasteiger partial charge is 0.384 e. The maximum Gasteiger partial charge on any atom is 0.0701 e. The Morgan fingerprint density at radius 1 is 1.26 bits per heavy atom. The van der Waals surface area contributed by atoms with Crippen molar-refractivity contribution >= 4 is 33.0 Å². The van der Waals surface area contributed by atoms with Gasteiger partial charge in [-0.1, -0.05) is 17.7 Å². The topological polar surface area (TPSA) is 15.3 Å². The number of nitrogens with zero attached hydrogens (tertiary/aromatic N) is 1. The molecule has 1 N–H and O–H groups in total. The molecule has 0 amide bonds. The van der Waals surface area contributed by atoms with Gasteiger partial charge in [-0.25, -0.2) is 0 Å². The van der Waals surface area contributed by atoms with Gasteiger partial charge in [0.15, 0.2) is 0 Å². The van der Waals surface area contributed by atoms with E-state index in [9.17, 15) is 0 Å². The normalized spacial score (nSPS) is 10.9. The first-order chi connectivity index (χ1) is 9.13. The SMILES string of the molecule is Cc1ccc(NCCN(C)Cc2csc(Br)c2)cc1. The Morgan fingerprint density at radius 2 is 2.00 bits per heavy atom. The van der Waals surface area contributed by atoms with E-state index >= 15 is 0 Å². The monoisotopic (exact) mass is 338 g/mol. The van der Waals surface area contributed by atoms with Crippen molar-refractivity contribution in [1.82, 2.24) is 4.90 Å². The number of benzene rings is 1. The third-order valence-electron chi connectivity index (χ3n) is 2.95. The number of likely N-dealkylation sites (N-methyl/N-ethyl adjacent to an activating group) is 1. The Bertz CT molecular complexity index is 507. The lowest BCUT2D eigenvalue weighted by molar-refractivity contribution is 0.340. The van der Waals surface area contributed by atoms with Gasteiger partial charge in [0.25, 0.3) is 0 Å². The van der Waals surface area contributed by atoms with Crippen LogP contribution in [0.15, 0.2) is 39.5 Å². The molecule has 0 spiro atoms. The van der Waals surface area contributed by atoms with E-state index in [1.165, 1.54) is 20.6 Å². The van der Waals surface area contributed by atoms with E-state index in [-0.39, 0.29) is 0 Å². The Labute approximate surface area is 127 Å². The van der Waals surface area contributed by atoms with Crippen molar-refractivity contribution in [2.75, 3.05) is 25.5 Å². The van der Waals surface area contributed by atoms with Crippen LogP contribution in [-0.2, 0) is 6.54 Å². The molecule has 0 radical (unpaired) electrons. The highest BCUT2D eigenvalue weighted by Gasteiger charge is 2.02. The van der Waals surface area contributed by atoms with Crippen molar-refractivity contribution in [3.05, 3.63) is 50.6 Å². The van der Waals surface area contributed by atoms with Crippen LogP contribution in [0.4, 0.5) is 5.69 Å². The lowest BCUT2D eigenvalue weighted by Crippen LogP contribution is -2.24. The predicted octanol–water partition coefficient (Wildman–Crippen LogP) is 4.36. The molecule has 0 aliphatic carbocycles. The van der Waals surface area contributed by atoms with E-state index in [0.29, 0.717) is 0 Å². The third-order valence-corrected chi connectivity index (χ3v) is 4.50. The average Bonchev–Trinajstić information content (AvgIpc) is 2.77.